The largest absolute Gasteiger partial charge is 0.481 e. The van der Waals surface area contributed by atoms with E-state index in [0.717, 1.165) is 98.8 Å². The van der Waals surface area contributed by atoms with Crippen LogP contribution in [-0.4, -0.2) is 214 Å². The second-order valence-corrected chi connectivity index (χ2v) is 39.6. The summed E-state index contributed by atoms with van der Waals surface area (Å²) in [6.07, 6.45) is -2.57. The first kappa shape index (κ1) is 109. The Morgan fingerprint density at radius 1 is 0.322 bits per heavy atom. The molecule has 4 atom stereocenters. The van der Waals surface area contributed by atoms with Crippen LogP contribution in [0.1, 0.15) is 230 Å². The number of carboxylic acid groups (broad SMARTS) is 1. The van der Waals surface area contributed by atoms with Crippen molar-refractivity contribution in [3.8, 4) is 44.5 Å². The Morgan fingerprint density at radius 2 is 0.548 bits per heavy atom. The molecular weight excluding hydrogens is 1860 g/mol. The zero-order valence-corrected chi connectivity index (χ0v) is 85.8. The van der Waals surface area contributed by atoms with Crippen LogP contribution in [0, 0.1) is 6.92 Å². The van der Waals surface area contributed by atoms with E-state index in [0.29, 0.717) is 18.0 Å². The number of ether oxygens (including phenoxy) is 9. The number of nitrogens with zero attached hydrogens (tertiary/aromatic N) is 5. The van der Waals surface area contributed by atoms with E-state index < -0.39 is 137 Å². The van der Waals surface area contributed by atoms with Gasteiger partial charge in [-0.3, -0.25) is 38.8 Å². The van der Waals surface area contributed by atoms with Gasteiger partial charge >= 0.3 is 66.2 Å². The number of benzene rings is 10. The third-order valence-electron chi connectivity index (χ3n) is 24.8. The monoisotopic (exact) mass is 1990 g/mol. The second kappa shape index (κ2) is 48.2. The third-order valence-corrected chi connectivity index (χ3v) is 24.8. The van der Waals surface area contributed by atoms with Crippen molar-refractivity contribution >= 4 is 78.0 Å². The molecule has 0 aromatic heterocycles. The van der Waals surface area contributed by atoms with Gasteiger partial charge in [0.2, 0.25) is 0 Å². The van der Waals surface area contributed by atoms with Crippen LogP contribution in [0.5, 0.6) is 0 Å². The smallest absolute Gasteiger partial charge is 0.410 e. The summed E-state index contributed by atoms with van der Waals surface area (Å²) < 4.78 is 50.1. The van der Waals surface area contributed by atoms with Gasteiger partial charge in [0.1, 0.15) is 79.6 Å². The SMILES string of the molecule is C=CCOC(=O)C[C@@H](C(=O)OC(C)(C)C)N(CC)C(=O)OCC1c2ccccc2-c2ccccc21.CCN(C(=O)OCC1c2ccccc2-c2ccccc21)[C@@H](CC(=O)O)C(=O)OC(C)(C)C.CCN(C(=O)OCC1c2ccccc2-c2ccccc21)[C@@H](CC(=O)ON1C(=O)c2ccccc2C1=O)C(=O)OC(C)(C)C.CCN(C(=O)OCC1c2ccccc2-c2ccccc21)[C@@H](Cc1ccc(C)cc1)C(=O)OC(C)(C)C. The summed E-state index contributed by atoms with van der Waals surface area (Å²) in [5, 5.41) is 9.66. The molecule has 15 rings (SSSR count). The van der Waals surface area contributed by atoms with Gasteiger partial charge in [0.05, 0.1) is 30.4 Å². The van der Waals surface area contributed by atoms with E-state index in [1.807, 2.05) is 217 Å². The summed E-state index contributed by atoms with van der Waals surface area (Å²) in [6, 6.07) is 73.7. The summed E-state index contributed by atoms with van der Waals surface area (Å²) in [5.41, 5.74) is 16.7. The highest BCUT2D eigenvalue weighted by molar-refractivity contribution is 6.21. The standard InChI is InChI=1S/C33H32N2O8.C31H35NO4.C28H33NO6.C25H29NO6/c1-5-34(32(40)41-19-26-22-14-8-6-12-20(22)21-13-7-9-15-23(21)26)27(31(39)42-33(2,3)4)18-28(36)43-35-29(37)24-16-10-11-17-25(24)30(35)38;1-6-32(28(29(33)36-31(3,4)5)19-22-17-15-21(2)16-18-22)30(34)35-20-27-25-13-9-7-11-23(25)24-12-8-10-14-26(24)27;1-6-16-33-25(30)17-24(26(31)35-28(3,4)5)29(7-2)27(32)34-18-23-21-14-10-8-12-19(21)20-13-9-11-15-22(20)23;1-5-26(21(14-22(27)28)23(29)32-25(2,3)4)24(30)31-15-20-18-12-8-6-10-16(18)17-11-7-9-13-19(17)20/h6-17,26-27H,5,18-19H2,1-4H3;7-18,27-28H,6,19-20H2,1-5H3;6,8-15,23-24H,1,7,16-18H2,2-5H3;6-13,20-21H,5,14-15H2,1-4H3,(H,27,28)/t27-;28-;24-;21-/m0000/s1. The van der Waals surface area contributed by atoms with Crippen molar-refractivity contribution in [1.29, 1.82) is 0 Å². The van der Waals surface area contributed by atoms with Crippen LogP contribution in [-0.2, 0) is 87.5 Å². The minimum atomic E-state index is -1.44. The van der Waals surface area contributed by atoms with E-state index in [1.165, 1.54) is 39.1 Å². The first-order chi connectivity index (χ1) is 69.4. The van der Waals surface area contributed by atoms with E-state index >= 15 is 0 Å². The summed E-state index contributed by atoms with van der Waals surface area (Å²) in [7, 11) is 0. The van der Waals surface area contributed by atoms with Crippen LogP contribution in [0.3, 0.4) is 0 Å². The van der Waals surface area contributed by atoms with Gasteiger partial charge < -0.3 is 52.6 Å². The molecule has 0 fully saturated rings. The van der Waals surface area contributed by atoms with Crippen LogP contribution in [0.2, 0.25) is 0 Å². The van der Waals surface area contributed by atoms with Crippen LogP contribution in [0.15, 0.2) is 255 Å². The normalized spacial score (nSPS) is 13.7. The zero-order chi connectivity index (χ0) is 106. The molecule has 0 spiro atoms. The molecule has 1 N–H and O–H groups in total. The van der Waals surface area contributed by atoms with Gasteiger partial charge in [-0.15, -0.1) is 0 Å². The molecule has 1 heterocycles. The molecule has 0 saturated carbocycles. The molecule has 0 saturated heterocycles. The minimum Gasteiger partial charge on any atom is -0.481 e. The molecule has 29 nitrogen and oxygen atoms in total. The average Bonchev–Trinajstić information content (AvgIpc) is 1.63. The number of aryl methyl sites for hydroxylation is 1. The van der Waals surface area contributed by atoms with Crippen molar-refractivity contribution in [1.82, 2.24) is 24.7 Å². The Bertz CT molecular complexity index is 6240. The molecule has 10 aromatic carbocycles. The van der Waals surface area contributed by atoms with Crippen LogP contribution < -0.4 is 0 Å². The lowest BCUT2D eigenvalue weighted by atomic mass is 9.98. The highest BCUT2D eigenvalue weighted by Crippen LogP contribution is 2.49. The molecule has 146 heavy (non-hydrogen) atoms. The van der Waals surface area contributed by atoms with Crippen molar-refractivity contribution in [2.24, 2.45) is 0 Å². The van der Waals surface area contributed by atoms with Gasteiger partial charge in [-0.1, -0.05) is 254 Å². The predicted octanol–water partition coefficient (Wildman–Crippen LogP) is 21.2. The van der Waals surface area contributed by atoms with Crippen molar-refractivity contribution in [3.63, 3.8) is 0 Å². The maximum Gasteiger partial charge on any atom is 0.410 e. The number of hydroxylamine groups is 2. The molecule has 4 aliphatic carbocycles. The summed E-state index contributed by atoms with van der Waals surface area (Å²) >= 11 is 0. The number of hydrogen-bond donors (Lipinski definition) is 1. The van der Waals surface area contributed by atoms with Crippen LogP contribution in [0.25, 0.3) is 44.5 Å². The summed E-state index contributed by atoms with van der Waals surface area (Å²) in [4.78, 5) is 177. The lowest BCUT2D eigenvalue weighted by Crippen LogP contribution is -2.49. The van der Waals surface area contributed by atoms with Gasteiger partial charge in [-0.25, -0.2) is 43.2 Å². The van der Waals surface area contributed by atoms with Crippen molar-refractivity contribution < 1.29 is 115 Å². The van der Waals surface area contributed by atoms with Gasteiger partial charge in [0.25, 0.3) is 11.8 Å². The molecule has 766 valence electrons. The number of carbonyl (C=O) groups excluding carboxylic acids is 12. The van der Waals surface area contributed by atoms with E-state index in [9.17, 15) is 67.4 Å². The zero-order valence-electron chi connectivity index (χ0n) is 85.8. The van der Waals surface area contributed by atoms with Gasteiger partial charge in [-0.2, -0.15) is 0 Å². The Labute approximate surface area is 852 Å². The van der Waals surface area contributed by atoms with Gasteiger partial charge in [-0.05, 0) is 224 Å². The van der Waals surface area contributed by atoms with Crippen LogP contribution in [0.4, 0.5) is 19.2 Å². The van der Waals surface area contributed by atoms with E-state index in [4.69, 9.17) is 47.5 Å². The van der Waals surface area contributed by atoms with E-state index in [-0.39, 0.29) is 93.9 Å². The fraction of sp³-hybridized carbons (Fsp3) is 0.359. The number of amides is 6. The highest BCUT2D eigenvalue weighted by Gasteiger charge is 2.46. The topological polar surface area (TPSA) is 351 Å². The van der Waals surface area contributed by atoms with Gasteiger partial charge in [0.15, 0.2) is 0 Å². The highest BCUT2D eigenvalue weighted by atomic mass is 16.7. The first-order valence-electron chi connectivity index (χ1n) is 49.1. The lowest BCUT2D eigenvalue weighted by Gasteiger charge is -2.31. The molecule has 0 unspecified atom stereocenters. The van der Waals surface area contributed by atoms with Crippen LogP contribution >= 0.6 is 0 Å². The Morgan fingerprint density at radius 3 is 0.788 bits per heavy atom. The molecular formula is C117H129N5O24. The predicted molar refractivity (Wildman–Crippen MR) is 549 cm³/mol. The average molecular weight is 1990 g/mol. The quantitative estimate of drug-likeness (QED) is 0.0182. The van der Waals surface area contributed by atoms with E-state index in [1.54, 1.807) is 95.2 Å². The molecule has 10 aromatic rings. The maximum absolute atomic E-state index is 13.5. The fourth-order valence-corrected chi connectivity index (χ4v) is 18.4. The maximum atomic E-state index is 13.5. The number of aliphatic carboxylic acids is 1. The minimum absolute atomic E-state index is 0.000873. The molecule has 29 heteroatoms. The number of hydrogen-bond acceptors (Lipinski definition) is 23. The molecule has 0 radical (unpaired) electrons. The van der Waals surface area contributed by atoms with Crippen molar-refractivity contribution in [2.45, 2.75) is 214 Å². The number of carbonyl (C=O) groups is 13. The first-order valence-corrected chi connectivity index (χ1v) is 49.1. The van der Waals surface area contributed by atoms with Crippen molar-refractivity contribution in [3.05, 3.63) is 322 Å². The number of esters is 5. The number of fused-ring (bicyclic) bond motifs is 13. The van der Waals surface area contributed by atoms with E-state index in [2.05, 4.69) is 43.0 Å². The molecule has 0 bridgehead atoms. The number of rotatable bonds is 31. The molecule has 5 aliphatic rings. The summed E-state index contributed by atoms with van der Waals surface area (Å²) in [6.45, 7) is 34.1. The number of likely N-dealkylation sites (N-methyl/N-ethyl adjacent to an activating group) is 4. The second-order valence-electron chi connectivity index (χ2n) is 39.6. The summed E-state index contributed by atoms with van der Waals surface area (Å²) in [5.74, 6) is -7.78. The number of carboxylic acids is 1. The Hall–Kier alpha value is -15.6. The Balaban J connectivity index is 0.000000174. The number of imide groups is 1. The molecule has 1 aliphatic heterocycles. The fourth-order valence-electron chi connectivity index (χ4n) is 18.4. The molecule has 6 amide bonds. The van der Waals surface area contributed by atoms with Crippen molar-refractivity contribution in [2.75, 3.05) is 59.2 Å². The Kier molecular flexibility index (Phi) is 36.1. The van der Waals surface area contributed by atoms with Gasteiger partial charge in [0, 0.05) is 56.3 Å². The third kappa shape index (κ3) is 27.1. The lowest BCUT2D eigenvalue weighted by molar-refractivity contribution is -0.175.